The van der Waals surface area contributed by atoms with E-state index in [1.54, 1.807) is 18.1 Å². The van der Waals surface area contributed by atoms with Crippen molar-refractivity contribution in [3.05, 3.63) is 51.8 Å². The van der Waals surface area contributed by atoms with Crippen LogP contribution in [0.2, 0.25) is 0 Å². The summed E-state index contributed by atoms with van der Waals surface area (Å²) in [7, 11) is 1.68. The first-order valence-electron chi connectivity index (χ1n) is 8.67. The Morgan fingerprint density at radius 2 is 2.04 bits per heavy atom. The third-order valence-corrected chi connectivity index (χ3v) is 4.92. The minimum absolute atomic E-state index is 0.106. The zero-order valence-corrected chi connectivity index (χ0v) is 15.2. The normalized spacial score (nSPS) is 20.6. The summed E-state index contributed by atoms with van der Waals surface area (Å²) < 4.78 is 7.25. The van der Waals surface area contributed by atoms with E-state index in [9.17, 15) is 9.59 Å². The molecule has 0 unspecified atom stereocenters. The Morgan fingerprint density at radius 3 is 2.72 bits per heavy atom. The highest BCUT2D eigenvalue weighted by atomic mass is 16.3. The minimum Gasteiger partial charge on any atom is -0.464 e. The standard InChI is InChI=1S/C19H25N3O3/c1-12-7-10-22(15(11-12)16-6-5-14(3)25-16)19(24)20-17-13(2)8-9-21(4)18(17)23/h5-6,8-9,12,15H,7,10-11H2,1-4H3,(H,20,24)/t12-,15+/m0/s1. The third kappa shape index (κ3) is 3.48. The molecule has 0 spiro atoms. The average Bonchev–Trinajstić information content (AvgIpc) is 3.01. The second-order valence-electron chi connectivity index (χ2n) is 7.01. The molecule has 0 aromatic carbocycles. The van der Waals surface area contributed by atoms with Crippen molar-refractivity contribution in [3.63, 3.8) is 0 Å². The molecule has 1 fully saturated rings. The number of urea groups is 1. The highest BCUT2D eigenvalue weighted by Gasteiger charge is 2.33. The second-order valence-corrected chi connectivity index (χ2v) is 7.01. The maximum absolute atomic E-state index is 12.9. The molecule has 1 aliphatic heterocycles. The first-order valence-corrected chi connectivity index (χ1v) is 8.67. The smallest absolute Gasteiger partial charge is 0.322 e. The van der Waals surface area contributed by atoms with E-state index in [4.69, 9.17) is 4.42 Å². The van der Waals surface area contributed by atoms with Crippen LogP contribution in [0.15, 0.2) is 33.6 Å². The number of likely N-dealkylation sites (tertiary alicyclic amines) is 1. The van der Waals surface area contributed by atoms with Crippen LogP contribution in [0.3, 0.4) is 0 Å². The average molecular weight is 343 g/mol. The summed E-state index contributed by atoms with van der Waals surface area (Å²) in [4.78, 5) is 27.0. The molecule has 134 valence electrons. The molecular weight excluding hydrogens is 318 g/mol. The molecule has 6 nitrogen and oxygen atoms in total. The molecule has 0 saturated carbocycles. The summed E-state index contributed by atoms with van der Waals surface area (Å²) in [6.45, 7) is 6.55. The Balaban J connectivity index is 1.87. The van der Waals surface area contributed by atoms with Crippen LogP contribution in [0.25, 0.3) is 0 Å². The Hall–Kier alpha value is -2.50. The number of carbonyl (C=O) groups is 1. The van der Waals surface area contributed by atoms with Crippen LogP contribution in [0, 0.1) is 19.8 Å². The van der Waals surface area contributed by atoms with Gasteiger partial charge in [0.2, 0.25) is 0 Å². The van der Waals surface area contributed by atoms with E-state index in [-0.39, 0.29) is 17.6 Å². The summed E-state index contributed by atoms with van der Waals surface area (Å²) in [5, 5.41) is 2.82. The van der Waals surface area contributed by atoms with Crippen molar-refractivity contribution in [2.45, 2.75) is 39.7 Å². The molecule has 3 heterocycles. The summed E-state index contributed by atoms with van der Waals surface area (Å²) in [5.41, 5.74) is 0.888. The molecule has 2 aromatic heterocycles. The van der Waals surface area contributed by atoms with Gasteiger partial charge in [-0.3, -0.25) is 4.79 Å². The van der Waals surface area contributed by atoms with Gasteiger partial charge < -0.3 is 19.2 Å². The topological polar surface area (TPSA) is 67.5 Å². The highest BCUT2D eigenvalue weighted by Crippen LogP contribution is 2.35. The van der Waals surface area contributed by atoms with Crippen molar-refractivity contribution in [1.82, 2.24) is 9.47 Å². The number of amides is 2. The Bertz CT molecular complexity index is 837. The third-order valence-electron chi connectivity index (χ3n) is 4.92. The molecule has 6 heteroatoms. The summed E-state index contributed by atoms with van der Waals surface area (Å²) in [5.74, 6) is 2.16. The lowest BCUT2D eigenvalue weighted by Crippen LogP contribution is -2.43. The first-order chi connectivity index (χ1) is 11.9. The van der Waals surface area contributed by atoms with E-state index in [1.165, 1.54) is 4.57 Å². The molecule has 2 amide bonds. The number of nitrogens with one attached hydrogen (secondary N) is 1. The van der Waals surface area contributed by atoms with Gasteiger partial charge >= 0.3 is 6.03 Å². The molecule has 1 N–H and O–H groups in total. The lowest BCUT2D eigenvalue weighted by atomic mass is 9.91. The number of hydrogen-bond acceptors (Lipinski definition) is 3. The first kappa shape index (κ1) is 17.3. The van der Waals surface area contributed by atoms with Crippen molar-refractivity contribution in [2.75, 3.05) is 11.9 Å². The number of piperidine rings is 1. The van der Waals surface area contributed by atoms with Gasteiger partial charge in [0.05, 0.1) is 6.04 Å². The lowest BCUT2D eigenvalue weighted by Gasteiger charge is -2.37. The van der Waals surface area contributed by atoms with Gasteiger partial charge in [0, 0.05) is 19.8 Å². The van der Waals surface area contributed by atoms with Gasteiger partial charge in [0.25, 0.3) is 5.56 Å². The molecule has 1 saturated heterocycles. The van der Waals surface area contributed by atoms with E-state index in [0.29, 0.717) is 18.2 Å². The van der Waals surface area contributed by atoms with Crippen molar-refractivity contribution in [2.24, 2.45) is 13.0 Å². The number of rotatable bonds is 2. The van der Waals surface area contributed by atoms with Crippen LogP contribution >= 0.6 is 0 Å². The largest absolute Gasteiger partial charge is 0.464 e. The van der Waals surface area contributed by atoms with E-state index >= 15 is 0 Å². The predicted octanol–water partition coefficient (Wildman–Crippen LogP) is 3.60. The number of aromatic nitrogens is 1. The quantitative estimate of drug-likeness (QED) is 0.906. The van der Waals surface area contributed by atoms with Crippen LogP contribution < -0.4 is 10.9 Å². The summed E-state index contributed by atoms with van der Waals surface area (Å²) >= 11 is 0. The van der Waals surface area contributed by atoms with E-state index in [1.807, 2.05) is 32.0 Å². The second kappa shape index (κ2) is 6.78. The summed E-state index contributed by atoms with van der Waals surface area (Å²) in [6, 6.07) is 5.32. The van der Waals surface area contributed by atoms with Crippen LogP contribution in [0.1, 0.15) is 42.9 Å². The number of aryl methyl sites for hydroxylation is 3. The number of carbonyl (C=O) groups excluding carboxylic acids is 1. The Kier molecular flexibility index (Phi) is 4.70. The van der Waals surface area contributed by atoms with E-state index in [2.05, 4.69) is 12.2 Å². The molecule has 1 aliphatic rings. The van der Waals surface area contributed by atoms with Crippen molar-refractivity contribution in [3.8, 4) is 0 Å². The van der Waals surface area contributed by atoms with Gasteiger partial charge in [-0.05, 0) is 56.4 Å². The van der Waals surface area contributed by atoms with Crippen molar-refractivity contribution < 1.29 is 9.21 Å². The Labute approximate surface area is 147 Å². The van der Waals surface area contributed by atoms with E-state index < -0.39 is 0 Å². The number of pyridine rings is 1. The molecule has 3 rings (SSSR count). The molecule has 0 radical (unpaired) electrons. The van der Waals surface area contributed by atoms with Crippen molar-refractivity contribution in [1.29, 1.82) is 0 Å². The SMILES string of the molecule is Cc1ccc([C@H]2C[C@@H](C)CCN2C(=O)Nc2c(C)ccn(C)c2=O)o1. The maximum atomic E-state index is 12.9. The van der Waals surface area contributed by atoms with Crippen LogP contribution in [0.5, 0.6) is 0 Å². The Morgan fingerprint density at radius 1 is 1.28 bits per heavy atom. The fraction of sp³-hybridized carbons (Fsp3) is 0.474. The van der Waals surface area contributed by atoms with Gasteiger partial charge in [-0.1, -0.05) is 6.92 Å². The molecule has 0 bridgehead atoms. The van der Waals surface area contributed by atoms with Gasteiger partial charge in [-0.15, -0.1) is 0 Å². The zero-order valence-electron chi connectivity index (χ0n) is 15.2. The van der Waals surface area contributed by atoms with Crippen molar-refractivity contribution >= 4 is 11.7 Å². The monoisotopic (exact) mass is 343 g/mol. The van der Waals surface area contributed by atoms with Gasteiger partial charge in [0.1, 0.15) is 17.2 Å². The highest BCUT2D eigenvalue weighted by molar-refractivity contribution is 5.90. The fourth-order valence-corrected chi connectivity index (χ4v) is 3.34. The maximum Gasteiger partial charge on any atom is 0.322 e. The van der Waals surface area contributed by atoms with Gasteiger partial charge in [0.15, 0.2) is 0 Å². The summed E-state index contributed by atoms with van der Waals surface area (Å²) in [6.07, 6.45) is 3.49. The molecule has 0 aliphatic carbocycles. The molecular formula is C19H25N3O3. The molecule has 2 atom stereocenters. The van der Waals surface area contributed by atoms with E-state index in [0.717, 1.165) is 29.9 Å². The van der Waals surface area contributed by atoms with Crippen LogP contribution in [-0.4, -0.2) is 22.0 Å². The fourth-order valence-electron chi connectivity index (χ4n) is 3.34. The van der Waals surface area contributed by atoms with Crippen LogP contribution in [0.4, 0.5) is 10.5 Å². The van der Waals surface area contributed by atoms with Crippen LogP contribution in [-0.2, 0) is 7.05 Å². The molecule has 25 heavy (non-hydrogen) atoms. The number of furan rings is 1. The zero-order chi connectivity index (χ0) is 18.1. The predicted molar refractivity (Wildman–Crippen MR) is 96.7 cm³/mol. The number of nitrogens with zero attached hydrogens (tertiary/aromatic N) is 2. The number of hydrogen-bond donors (Lipinski definition) is 1. The number of anilines is 1. The van der Waals surface area contributed by atoms with Gasteiger partial charge in [-0.2, -0.15) is 0 Å². The minimum atomic E-state index is -0.252. The van der Waals surface area contributed by atoms with Gasteiger partial charge in [-0.25, -0.2) is 4.79 Å². The molecule has 2 aromatic rings. The lowest BCUT2D eigenvalue weighted by molar-refractivity contribution is 0.128.